The molecule has 13 amide bonds. The molecular formula is C72H105N13O20. The second-order valence-corrected chi connectivity index (χ2v) is 27.5. The summed E-state index contributed by atoms with van der Waals surface area (Å²) in [5.74, 6) is -14.5. The fraction of sp³-hybridized carbons (Fsp3) is 0.583. The Morgan fingerprint density at radius 3 is 1.70 bits per heavy atom. The summed E-state index contributed by atoms with van der Waals surface area (Å²) in [6.45, 7) is 10.1. The average molecular weight is 1470 g/mol. The first-order chi connectivity index (χ1) is 49.7. The molecule has 5 rings (SSSR count). The van der Waals surface area contributed by atoms with Gasteiger partial charge in [0.1, 0.15) is 65.8 Å². The monoisotopic (exact) mass is 1470 g/mol. The predicted octanol–water partition coefficient (Wildman–Crippen LogP) is -2.73. The van der Waals surface area contributed by atoms with Crippen molar-refractivity contribution < 1.29 is 97.4 Å². The van der Waals surface area contributed by atoms with E-state index in [9.17, 15) is 83.1 Å². The van der Waals surface area contributed by atoms with Gasteiger partial charge >= 0.3 is 5.97 Å². The number of nitrogens with two attached hydrogens (primary N) is 1. The van der Waals surface area contributed by atoms with Crippen LogP contribution in [0, 0.1) is 11.8 Å². The number of allylic oxidation sites excluding steroid dienone is 2. The van der Waals surface area contributed by atoms with Crippen LogP contribution in [0.3, 0.4) is 0 Å². The number of nitrogens with zero attached hydrogens (tertiary/aromatic N) is 3. The molecule has 3 aliphatic rings. The lowest BCUT2D eigenvalue weighted by Gasteiger charge is -2.34. The molecule has 14 atom stereocenters. The zero-order valence-electron chi connectivity index (χ0n) is 61.0. The smallest absolute Gasteiger partial charge is 0.329 e. The van der Waals surface area contributed by atoms with Crippen LogP contribution in [0.1, 0.15) is 137 Å². The second-order valence-electron chi connectivity index (χ2n) is 27.5. The number of primary amides is 1. The summed E-state index contributed by atoms with van der Waals surface area (Å²) in [5.41, 5.74) is 5.74. The molecule has 0 spiro atoms. The number of likely N-dealkylation sites (N-methyl/N-ethyl adjacent to an activating group) is 1. The molecule has 3 saturated heterocycles. The van der Waals surface area contributed by atoms with Crippen LogP contribution < -0.4 is 53.6 Å². The van der Waals surface area contributed by atoms with Gasteiger partial charge < -0.3 is 98.6 Å². The van der Waals surface area contributed by atoms with Crippen LogP contribution in [-0.2, 0) is 84.7 Å². The van der Waals surface area contributed by atoms with Gasteiger partial charge in [-0.3, -0.25) is 62.3 Å². The van der Waals surface area contributed by atoms with E-state index >= 15 is 9.59 Å². The number of aliphatic hydroxyl groups is 5. The highest BCUT2D eigenvalue weighted by Crippen LogP contribution is 2.26. The van der Waals surface area contributed by atoms with Gasteiger partial charge in [0, 0.05) is 52.7 Å². The first kappa shape index (κ1) is 85.9. The minimum absolute atomic E-state index is 0.0252. The molecule has 105 heavy (non-hydrogen) atoms. The molecule has 0 radical (unpaired) electrons. The van der Waals surface area contributed by atoms with Crippen molar-refractivity contribution in [3.05, 3.63) is 95.3 Å². The fourth-order valence-corrected chi connectivity index (χ4v) is 12.4. The van der Waals surface area contributed by atoms with Gasteiger partial charge in [-0.1, -0.05) is 101 Å². The van der Waals surface area contributed by atoms with E-state index in [0.29, 0.717) is 11.1 Å². The van der Waals surface area contributed by atoms with Crippen molar-refractivity contribution in [3.8, 4) is 0 Å². The van der Waals surface area contributed by atoms with Crippen molar-refractivity contribution in [2.45, 2.75) is 224 Å². The third-order valence-corrected chi connectivity index (χ3v) is 18.3. The van der Waals surface area contributed by atoms with Crippen molar-refractivity contribution in [3.63, 3.8) is 0 Å². The molecule has 578 valence electrons. The Morgan fingerprint density at radius 1 is 0.619 bits per heavy atom. The zero-order chi connectivity index (χ0) is 77.9. The van der Waals surface area contributed by atoms with Crippen molar-refractivity contribution in [1.29, 1.82) is 0 Å². The fourth-order valence-electron chi connectivity index (χ4n) is 12.4. The zero-order valence-corrected chi connectivity index (χ0v) is 61.0. The highest BCUT2D eigenvalue weighted by molar-refractivity contribution is 6.04. The summed E-state index contributed by atoms with van der Waals surface area (Å²) in [5, 5.41) is 78.8. The number of aliphatic hydroxyl groups excluding tert-OH is 5. The Bertz CT molecular complexity index is 3450. The number of carbonyl (C=O) groups is 14. The minimum atomic E-state index is -2.48. The Hall–Kier alpha value is -9.70. The van der Waals surface area contributed by atoms with Gasteiger partial charge in [0.15, 0.2) is 6.10 Å². The quantitative estimate of drug-likeness (QED) is 0.0420. The topological polar surface area (TPSA) is 493 Å². The Labute approximate surface area is 610 Å². The number of amides is 13. The summed E-state index contributed by atoms with van der Waals surface area (Å²) in [6.07, 6.45) is -8.89. The van der Waals surface area contributed by atoms with Crippen molar-refractivity contribution in [1.82, 2.24) is 62.6 Å². The largest absolute Gasteiger partial charge is 0.461 e. The van der Waals surface area contributed by atoms with Crippen LogP contribution in [0.25, 0.3) is 0 Å². The highest BCUT2D eigenvalue weighted by Gasteiger charge is 2.44. The van der Waals surface area contributed by atoms with Gasteiger partial charge in [-0.05, 0) is 102 Å². The maximum Gasteiger partial charge on any atom is 0.329 e. The van der Waals surface area contributed by atoms with Gasteiger partial charge in [-0.25, -0.2) is 4.79 Å². The number of hydrogen-bond donors (Lipinski definition) is 15. The number of hydrogen-bond acceptors (Lipinski definition) is 20. The van der Waals surface area contributed by atoms with Crippen LogP contribution in [-0.4, -0.2) is 241 Å². The molecule has 3 aliphatic heterocycles. The van der Waals surface area contributed by atoms with Crippen LogP contribution in [0.5, 0.6) is 0 Å². The lowest BCUT2D eigenvalue weighted by atomic mass is 9.93. The molecule has 14 unspecified atom stereocenters. The molecule has 0 aromatic heterocycles. The number of carbonyl (C=O) groups excluding carboxylic acids is 14. The third kappa shape index (κ3) is 26.1. The number of benzene rings is 2. The van der Waals surface area contributed by atoms with Crippen LogP contribution in [0.2, 0.25) is 0 Å². The van der Waals surface area contributed by atoms with E-state index in [1.807, 2.05) is 0 Å². The number of ether oxygens (including phenoxy) is 1. The van der Waals surface area contributed by atoms with Crippen LogP contribution in [0.4, 0.5) is 0 Å². The number of fused-ring (bicyclic) bond motifs is 2. The first-order valence-electron chi connectivity index (χ1n) is 35.5. The van der Waals surface area contributed by atoms with E-state index in [-0.39, 0.29) is 82.7 Å². The summed E-state index contributed by atoms with van der Waals surface area (Å²) in [7, 11) is 1.36. The van der Waals surface area contributed by atoms with Crippen molar-refractivity contribution in [2.75, 3.05) is 33.3 Å². The van der Waals surface area contributed by atoms with E-state index in [4.69, 9.17) is 10.5 Å². The molecule has 16 N–H and O–H groups in total. The number of aryl methyl sites for hydroxylation is 1. The molecule has 2 aromatic carbocycles. The van der Waals surface area contributed by atoms with Crippen LogP contribution >= 0.6 is 0 Å². The lowest BCUT2D eigenvalue weighted by molar-refractivity contribution is -0.162. The van der Waals surface area contributed by atoms with Crippen LogP contribution in [0.15, 0.2) is 84.2 Å². The summed E-state index contributed by atoms with van der Waals surface area (Å²) in [4.78, 5) is 202. The summed E-state index contributed by atoms with van der Waals surface area (Å²) in [6, 6.07) is 2.65. The van der Waals surface area contributed by atoms with E-state index in [1.54, 1.807) is 88.4 Å². The second kappa shape index (κ2) is 41.7. The molecular weight excluding hydrogens is 1370 g/mol. The number of esters is 1. The molecule has 2 aromatic rings. The van der Waals surface area contributed by atoms with E-state index in [0.717, 1.165) is 33.8 Å². The standard InChI is InChI=1S/C72H105N13O20/c1-10-46-63(95)81-52(38-86)66(98)76-47(11-2)64(96)82-60(41(7)87)69(101)78-49(27-26-43-20-14-12-15-21-43)71(103)85-31-19-25-54(85)68(100)79-50(35-45(36-57(90)56(89)33-40(5)6)105-72(104)55(32-39(3)4)83(9)42(8)88)61(93)70(102)77-48(28-29-58(73)91)62(94)74-37-59(92)84-30-18-24-53(84)67(99)80-51(65(97)75-46)34-44-22-16-13-17-23-44/h10-17,20-23,39-41,45,48-57,60-61,86-87,89-90,93H,18-19,24-38H2,1-9H3,(H2,73,91)(H,74,94)(H,75,97)(H,76,98)(H,77,102)(H,78,101)(H,79,100)(H,80,99)(H,81,95)(H,82,96)/b46-10-,47-11+. The van der Waals surface area contributed by atoms with E-state index in [1.165, 1.54) is 27.8 Å². The van der Waals surface area contributed by atoms with Crippen molar-refractivity contribution in [2.24, 2.45) is 17.6 Å². The molecule has 0 saturated carbocycles. The third-order valence-electron chi connectivity index (χ3n) is 18.3. The molecule has 33 nitrogen and oxygen atoms in total. The van der Waals surface area contributed by atoms with Gasteiger partial charge in [0.05, 0.1) is 37.5 Å². The van der Waals surface area contributed by atoms with Crippen molar-refractivity contribution >= 4 is 82.8 Å². The Morgan fingerprint density at radius 2 is 1.14 bits per heavy atom. The highest BCUT2D eigenvalue weighted by atomic mass is 16.5. The molecule has 3 heterocycles. The molecule has 0 aliphatic carbocycles. The van der Waals surface area contributed by atoms with Gasteiger partial charge in [-0.15, -0.1) is 0 Å². The first-order valence-corrected chi connectivity index (χ1v) is 35.5. The number of nitrogens with one attached hydrogen (secondary N) is 9. The maximum atomic E-state index is 15.2. The van der Waals surface area contributed by atoms with Gasteiger partial charge in [0.2, 0.25) is 59.1 Å². The predicted molar refractivity (Wildman–Crippen MR) is 378 cm³/mol. The molecule has 3 fully saturated rings. The van der Waals surface area contributed by atoms with Gasteiger partial charge in [-0.2, -0.15) is 0 Å². The van der Waals surface area contributed by atoms with Gasteiger partial charge in [0.25, 0.3) is 17.7 Å². The minimum Gasteiger partial charge on any atom is -0.461 e. The Kier molecular flexibility index (Phi) is 34.1. The normalized spacial score (nSPS) is 25.1. The van der Waals surface area contributed by atoms with E-state index in [2.05, 4.69) is 47.9 Å². The Balaban J connectivity index is 1.65. The maximum absolute atomic E-state index is 15.2. The average Bonchev–Trinajstić information content (AvgIpc) is 1.76. The SMILES string of the molecule is C/C=C1\NC(=O)C(Cc2ccccc2)NC(=O)C2CCCN2C(=O)CNC(=O)C(CCC(N)=O)NC(=O)C(O)C(CC(CC(O)C(O)CC(C)C)OC(=O)C(CC(C)C)N(C)C(C)=O)NC(=O)C2CCCN2C(=O)C(CCc2ccccc2)NC(=O)C(C(C)O)NC(=O)/C(=C\C)NC(=O)C(CO)NC1=O. The number of rotatable bonds is 22. The lowest BCUT2D eigenvalue weighted by Crippen LogP contribution is -2.61. The molecule has 33 heteroatoms. The summed E-state index contributed by atoms with van der Waals surface area (Å²) >= 11 is 0. The summed E-state index contributed by atoms with van der Waals surface area (Å²) < 4.78 is 6.07. The molecule has 0 bridgehead atoms. The van der Waals surface area contributed by atoms with E-state index < -0.39 is 218 Å².